The fraction of sp³-hybridized carbons (Fsp3) is 0.312. The van der Waals surface area contributed by atoms with Crippen LogP contribution in [0.4, 0.5) is 10.2 Å². The first-order valence-corrected chi connectivity index (χ1v) is 15.7. The first-order valence-electron chi connectivity index (χ1n) is 14.2. The lowest BCUT2D eigenvalue weighted by atomic mass is 10.1. The topological polar surface area (TPSA) is 124 Å². The Labute approximate surface area is 254 Å². The normalized spacial score (nSPS) is 21.0. The molecule has 6 rings (SSSR count). The number of aromatic nitrogens is 3. The summed E-state index contributed by atoms with van der Waals surface area (Å²) in [6.07, 6.45) is 7.11. The minimum Gasteiger partial charge on any atom is -0.491 e. The van der Waals surface area contributed by atoms with E-state index in [0.717, 1.165) is 36.1 Å². The molecule has 0 saturated carbocycles. The van der Waals surface area contributed by atoms with E-state index in [9.17, 15) is 17.6 Å². The van der Waals surface area contributed by atoms with Crippen LogP contribution < -0.4 is 15.0 Å². The number of pyridine rings is 3. The summed E-state index contributed by atoms with van der Waals surface area (Å²) in [5, 5.41) is 3.55. The average molecular weight is 616 g/mol. The SMILES string of the molecule is C#Cc1cc(C(=O)NCc2cc3nc(-c4cccc(N5C[C@@H](C)O[C@@H](C)C5)n4)ccc3cn2)cc2c1OCC[C@@H](F)S2(=O)=O. The van der Waals surface area contributed by atoms with Gasteiger partial charge in [-0.3, -0.25) is 9.78 Å². The molecule has 1 saturated heterocycles. The Morgan fingerprint density at radius 3 is 2.66 bits per heavy atom. The number of hydrogen-bond donors (Lipinski definition) is 1. The lowest BCUT2D eigenvalue weighted by Crippen LogP contribution is -2.45. The number of halogens is 1. The highest BCUT2D eigenvalue weighted by Crippen LogP contribution is 2.36. The highest BCUT2D eigenvalue weighted by molar-refractivity contribution is 7.92. The van der Waals surface area contributed by atoms with Crippen LogP contribution in [0.25, 0.3) is 22.3 Å². The minimum atomic E-state index is -4.38. The Kier molecular flexibility index (Phi) is 7.92. The summed E-state index contributed by atoms with van der Waals surface area (Å²) in [4.78, 5) is 29.0. The molecule has 3 atom stereocenters. The number of rotatable bonds is 5. The lowest BCUT2D eigenvalue weighted by Gasteiger charge is -2.36. The van der Waals surface area contributed by atoms with Crippen LogP contribution in [-0.2, 0) is 21.1 Å². The number of hydrogen-bond acceptors (Lipinski definition) is 9. The summed E-state index contributed by atoms with van der Waals surface area (Å²) < 4.78 is 51.2. The number of carbonyl (C=O) groups excluding carboxylic acids is 1. The quantitative estimate of drug-likeness (QED) is 0.331. The third-order valence-electron chi connectivity index (χ3n) is 7.51. The van der Waals surface area contributed by atoms with Gasteiger partial charge < -0.3 is 19.7 Å². The Balaban J connectivity index is 1.22. The number of morpholine rings is 1. The molecule has 10 nitrogen and oxygen atoms in total. The van der Waals surface area contributed by atoms with Crippen molar-refractivity contribution in [1.29, 1.82) is 0 Å². The molecule has 0 unspecified atom stereocenters. The van der Waals surface area contributed by atoms with E-state index in [1.54, 1.807) is 12.3 Å². The monoisotopic (exact) mass is 615 g/mol. The highest BCUT2D eigenvalue weighted by atomic mass is 32.2. The van der Waals surface area contributed by atoms with E-state index in [4.69, 9.17) is 25.9 Å². The van der Waals surface area contributed by atoms with Crippen LogP contribution in [0, 0.1) is 12.3 Å². The second kappa shape index (κ2) is 11.8. The van der Waals surface area contributed by atoms with Crippen molar-refractivity contribution < 1.29 is 27.1 Å². The summed E-state index contributed by atoms with van der Waals surface area (Å²) in [6.45, 7) is 5.48. The van der Waals surface area contributed by atoms with Gasteiger partial charge in [0.2, 0.25) is 15.3 Å². The van der Waals surface area contributed by atoms with E-state index in [2.05, 4.69) is 21.1 Å². The van der Waals surface area contributed by atoms with Crippen LogP contribution in [0.2, 0.25) is 0 Å². The molecule has 0 spiro atoms. The predicted molar refractivity (Wildman–Crippen MR) is 163 cm³/mol. The molecule has 1 N–H and O–H groups in total. The maximum atomic E-state index is 14.4. The zero-order valence-electron chi connectivity index (χ0n) is 24.2. The smallest absolute Gasteiger partial charge is 0.251 e. The van der Waals surface area contributed by atoms with Crippen molar-refractivity contribution in [2.75, 3.05) is 24.6 Å². The van der Waals surface area contributed by atoms with Crippen molar-refractivity contribution in [2.45, 2.75) is 49.4 Å². The standard InChI is InChI=1S/C32H30FN5O5S/c1-4-21-12-23(13-28-31(21)42-11-10-29(33)44(28,40)41)32(39)35-16-24-14-27-22(15-34-24)8-9-26(36-27)25-6-5-7-30(37-25)38-17-19(2)43-20(3)18-38/h1,5-9,12-15,19-20,29H,10-11,16-18H2,2-3H3,(H,35,39)/t19-,20+,29-/m0/s1. The molecule has 5 heterocycles. The minimum absolute atomic E-state index is 0.0271. The Morgan fingerprint density at radius 1 is 1.11 bits per heavy atom. The molecule has 1 aromatic carbocycles. The van der Waals surface area contributed by atoms with Gasteiger partial charge in [-0.2, -0.15) is 0 Å². The average Bonchev–Trinajstić information content (AvgIpc) is 3.13. The Bertz CT molecular complexity index is 1900. The first-order chi connectivity index (χ1) is 21.1. The molecular formula is C32H30FN5O5S. The number of fused-ring (bicyclic) bond motifs is 2. The number of nitrogens with zero attached hydrogens (tertiary/aromatic N) is 4. The zero-order valence-corrected chi connectivity index (χ0v) is 25.0. The molecule has 2 aliphatic rings. The molecule has 226 valence electrons. The molecule has 1 fully saturated rings. The van der Waals surface area contributed by atoms with Gasteiger partial charge >= 0.3 is 0 Å². The van der Waals surface area contributed by atoms with Gasteiger partial charge in [0, 0.05) is 36.7 Å². The number of ether oxygens (including phenoxy) is 2. The maximum absolute atomic E-state index is 14.4. The predicted octanol–water partition coefficient (Wildman–Crippen LogP) is 4.07. The van der Waals surface area contributed by atoms with Crippen LogP contribution in [-0.4, -0.2) is 66.7 Å². The molecule has 12 heteroatoms. The number of terminal acetylenes is 1. The van der Waals surface area contributed by atoms with E-state index in [1.165, 1.54) is 6.07 Å². The fourth-order valence-corrected chi connectivity index (χ4v) is 6.83. The van der Waals surface area contributed by atoms with Crippen LogP contribution in [0.1, 0.15) is 41.9 Å². The van der Waals surface area contributed by atoms with Crippen LogP contribution in [0.15, 0.2) is 59.6 Å². The zero-order chi connectivity index (χ0) is 31.0. The Morgan fingerprint density at radius 2 is 1.89 bits per heavy atom. The summed E-state index contributed by atoms with van der Waals surface area (Å²) in [6, 6.07) is 13.9. The molecule has 44 heavy (non-hydrogen) atoms. The third kappa shape index (κ3) is 5.80. The lowest BCUT2D eigenvalue weighted by molar-refractivity contribution is -0.00545. The number of carbonyl (C=O) groups is 1. The highest BCUT2D eigenvalue weighted by Gasteiger charge is 2.35. The summed E-state index contributed by atoms with van der Waals surface area (Å²) in [7, 11) is -4.38. The van der Waals surface area contributed by atoms with Gasteiger partial charge in [-0.05, 0) is 56.3 Å². The van der Waals surface area contributed by atoms with Crippen LogP contribution in [0.3, 0.4) is 0 Å². The van der Waals surface area contributed by atoms with Gasteiger partial charge in [-0.15, -0.1) is 6.42 Å². The first kappa shape index (κ1) is 29.5. The largest absolute Gasteiger partial charge is 0.491 e. The number of sulfone groups is 1. The van der Waals surface area contributed by atoms with Gasteiger partial charge in [0.15, 0.2) is 5.75 Å². The van der Waals surface area contributed by atoms with Gasteiger partial charge in [0.1, 0.15) is 10.7 Å². The summed E-state index contributed by atoms with van der Waals surface area (Å²) in [5.41, 5.74) is 0.479. The van der Waals surface area contributed by atoms with E-state index in [0.29, 0.717) is 16.9 Å². The molecule has 0 bridgehead atoms. The van der Waals surface area contributed by atoms with E-state index >= 15 is 0 Å². The number of amides is 1. The molecule has 3 aromatic heterocycles. The van der Waals surface area contributed by atoms with E-state index < -0.39 is 26.1 Å². The molecule has 0 radical (unpaired) electrons. The molecule has 0 aliphatic carbocycles. The summed E-state index contributed by atoms with van der Waals surface area (Å²) in [5.74, 6) is 2.49. The third-order valence-corrected chi connectivity index (χ3v) is 9.33. The molecule has 2 aliphatic heterocycles. The fourth-order valence-electron chi connectivity index (χ4n) is 5.42. The Hall–Kier alpha value is -4.60. The van der Waals surface area contributed by atoms with Crippen molar-refractivity contribution in [3.8, 4) is 29.5 Å². The van der Waals surface area contributed by atoms with Crippen molar-refractivity contribution in [3.05, 3.63) is 71.5 Å². The van der Waals surface area contributed by atoms with Gasteiger partial charge in [-0.25, -0.2) is 22.8 Å². The number of benzene rings is 1. The van der Waals surface area contributed by atoms with Crippen molar-refractivity contribution in [3.63, 3.8) is 0 Å². The summed E-state index contributed by atoms with van der Waals surface area (Å²) >= 11 is 0. The van der Waals surface area contributed by atoms with Gasteiger partial charge in [-0.1, -0.05) is 12.0 Å². The van der Waals surface area contributed by atoms with Crippen molar-refractivity contribution >= 4 is 32.5 Å². The number of anilines is 1. The van der Waals surface area contributed by atoms with Crippen molar-refractivity contribution in [1.82, 2.24) is 20.3 Å². The van der Waals surface area contributed by atoms with E-state index in [1.807, 2.05) is 44.2 Å². The molecule has 4 aromatic rings. The molecular weight excluding hydrogens is 585 g/mol. The maximum Gasteiger partial charge on any atom is 0.251 e. The second-order valence-corrected chi connectivity index (χ2v) is 12.9. The van der Waals surface area contributed by atoms with Crippen LogP contribution >= 0.6 is 0 Å². The number of alkyl halides is 1. The van der Waals surface area contributed by atoms with Crippen molar-refractivity contribution in [2.24, 2.45) is 0 Å². The van der Waals surface area contributed by atoms with E-state index in [-0.39, 0.29) is 48.7 Å². The van der Waals surface area contributed by atoms with Crippen LogP contribution in [0.5, 0.6) is 5.75 Å². The number of nitrogens with one attached hydrogen (secondary N) is 1. The van der Waals surface area contributed by atoms with Gasteiger partial charge in [0.05, 0.1) is 53.5 Å². The molecule has 1 amide bonds. The van der Waals surface area contributed by atoms with Gasteiger partial charge in [0.25, 0.3) is 5.91 Å². The second-order valence-electron chi connectivity index (χ2n) is 10.9.